The van der Waals surface area contributed by atoms with Gasteiger partial charge in [-0.3, -0.25) is 4.98 Å². The SMILES string of the molecule is N#Cc1c(-c2cccnc2)cc(-c2ccc(N3CCOCC3)cc2)nc1N. The summed E-state index contributed by atoms with van der Waals surface area (Å²) in [6, 6.07) is 16.0. The second-order valence-corrected chi connectivity index (χ2v) is 6.32. The summed E-state index contributed by atoms with van der Waals surface area (Å²) in [7, 11) is 0. The number of pyridine rings is 2. The normalized spacial score (nSPS) is 14.0. The lowest BCUT2D eigenvalue weighted by molar-refractivity contribution is 0.122. The van der Waals surface area contributed by atoms with E-state index in [-0.39, 0.29) is 5.82 Å². The zero-order valence-corrected chi connectivity index (χ0v) is 14.8. The van der Waals surface area contributed by atoms with E-state index in [1.807, 2.05) is 30.3 Å². The van der Waals surface area contributed by atoms with Crippen LogP contribution in [0.5, 0.6) is 0 Å². The summed E-state index contributed by atoms with van der Waals surface area (Å²) in [4.78, 5) is 10.9. The molecule has 134 valence electrons. The largest absolute Gasteiger partial charge is 0.383 e. The number of benzene rings is 1. The van der Waals surface area contributed by atoms with Crippen LogP contribution in [0.1, 0.15) is 5.56 Å². The van der Waals surface area contributed by atoms with Crippen LogP contribution >= 0.6 is 0 Å². The molecule has 0 spiro atoms. The van der Waals surface area contributed by atoms with Gasteiger partial charge in [-0.25, -0.2) is 4.98 Å². The summed E-state index contributed by atoms with van der Waals surface area (Å²) in [5, 5.41) is 9.50. The van der Waals surface area contributed by atoms with Crippen molar-refractivity contribution in [1.29, 1.82) is 5.26 Å². The lowest BCUT2D eigenvalue weighted by Crippen LogP contribution is -2.36. The van der Waals surface area contributed by atoms with Gasteiger partial charge in [0.25, 0.3) is 0 Å². The van der Waals surface area contributed by atoms with E-state index in [4.69, 9.17) is 10.5 Å². The molecule has 4 rings (SSSR count). The molecule has 3 aromatic rings. The minimum Gasteiger partial charge on any atom is -0.383 e. The third-order valence-electron chi connectivity index (χ3n) is 4.67. The number of nitrogens with two attached hydrogens (primary N) is 1. The van der Waals surface area contributed by atoms with Crippen LogP contribution in [0.2, 0.25) is 0 Å². The number of nitriles is 1. The zero-order chi connectivity index (χ0) is 18.6. The Morgan fingerprint density at radius 1 is 1.07 bits per heavy atom. The summed E-state index contributed by atoms with van der Waals surface area (Å²) >= 11 is 0. The predicted molar refractivity (Wildman–Crippen MR) is 105 cm³/mol. The number of ether oxygens (including phenoxy) is 1. The van der Waals surface area contributed by atoms with Crippen molar-refractivity contribution in [2.75, 3.05) is 36.9 Å². The van der Waals surface area contributed by atoms with Crippen LogP contribution in [0.4, 0.5) is 11.5 Å². The Hall–Kier alpha value is -3.43. The van der Waals surface area contributed by atoms with E-state index in [0.29, 0.717) is 5.56 Å². The molecule has 0 radical (unpaired) electrons. The number of aromatic nitrogens is 2. The Balaban J connectivity index is 1.72. The van der Waals surface area contributed by atoms with Gasteiger partial charge in [0.05, 0.1) is 18.9 Å². The number of rotatable bonds is 3. The molecule has 1 aliphatic rings. The highest BCUT2D eigenvalue weighted by atomic mass is 16.5. The van der Waals surface area contributed by atoms with Gasteiger partial charge in [0.15, 0.2) is 0 Å². The van der Waals surface area contributed by atoms with E-state index < -0.39 is 0 Å². The highest BCUT2D eigenvalue weighted by molar-refractivity contribution is 5.80. The molecule has 0 unspecified atom stereocenters. The number of hydrogen-bond donors (Lipinski definition) is 1. The molecule has 0 amide bonds. The summed E-state index contributed by atoms with van der Waals surface area (Å²) in [5.74, 6) is 0.228. The minimum absolute atomic E-state index is 0.228. The fraction of sp³-hybridized carbons (Fsp3) is 0.190. The van der Waals surface area contributed by atoms with Gasteiger partial charge in [-0.1, -0.05) is 18.2 Å². The van der Waals surface area contributed by atoms with Crippen LogP contribution < -0.4 is 10.6 Å². The van der Waals surface area contributed by atoms with Crippen molar-refractivity contribution in [2.24, 2.45) is 0 Å². The maximum absolute atomic E-state index is 9.50. The first-order chi connectivity index (χ1) is 13.3. The molecular weight excluding hydrogens is 338 g/mol. The molecule has 1 saturated heterocycles. The van der Waals surface area contributed by atoms with Crippen molar-refractivity contribution >= 4 is 11.5 Å². The molecule has 0 aliphatic carbocycles. The summed E-state index contributed by atoms with van der Waals surface area (Å²) < 4.78 is 5.41. The Morgan fingerprint density at radius 2 is 1.85 bits per heavy atom. The van der Waals surface area contributed by atoms with E-state index in [1.54, 1.807) is 12.4 Å². The Kier molecular flexibility index (Phi) is 4.69. The van der Waals surface area contributed by atoms with Gasteiger partial charge in [-0.15, -0.1) is 0 Å². The lowest BCUT2D eigenvalue weighted by Gasteiger charge is -2.28. The molecule has 2 N–H and O–H groups in total. The maximum Gasteiger partial charge on any atom is 0.142 e. The van der Waals surface area contributed by atoms with Crippen LogP contribution in [-0.4, -0.2) is 36.3 Å². The second-order valence-electron chi connectivity index (χ2n) is 6.32. The van der Waals surface area contributed by atoms with Crippen molar-refractivity contribution in [3.8, 4) is 28.5 Å². The van der Waals surface area contributed by atoms with Gasteiger partial charge in [0.1, 0.15) is 17.5 Å². The second kappa shape index (κ2) is 7.44. The van der Waals surface area contributed by atoms with Gasteiger partial charge in [-0.2, -0.15) is 5.26 Å². The number of nitrogen functional groups attached to an aromatic ring is 1. The molecule has 0 atom stereocenters. The first-order valence-corrected chi connectivity index (χ1v) is 8.80. The molecule has 6 nitrogen and oxygen atoms in total. The summed E-state index contributed by atoms with van der Waals surface area (Å²) in [6.45, 7) is 3.30. The summed E-state index contributed by atoms with van der Waals surface area (Å²) in [5.41, 5.74) is 10.9. The van der Waals surface area contributed by atoms with Crippen LogP contribution in [0.3, 0.4) is 0 Å². The smallest absolute Gasteiger partial charge is 0.142 e. The van der Waals surface area contributed by atoms with Gasteiger partial charge in [0.2, 0.25) is 0 Å². The van der Waals surface area contributed by atoms with Crippen LogP contribution in [0.25, 0.3) is 22.4 Å². The molecule has 3 heterocycles. The zero-order valence-electron chi connectivity index (χ0n) is 14.8. The third kappa shape index (κ3) is 3.46. The molecular formula is C21H19N5O. The average Bonchev–Trinajstić information content (AvgIpc) is 2.74. The van der Waals surface area contributed by atoms with Gasteiger partial charge < -0.3 is 15.4 Å². The number of morpholine rings is 1. The first-order valence-electron chi connectivity index (χ1n) is 8.80. The van der Waals surface area contributed by atoms with Crippen molar-refractivity contribution < 1.29 is 4.74 Å². The van der Waals surface area contributed by atoms with E-state index >= 15 is 0 Å². The molecule has 0 bridgehead atoms. The molecule has 1 fully saturated rings. The predicted octanol–water partition coefficient (Wildman–Crippen LogP) is 3.10. The van der Waals surface area contributed by atoms with E-state index in [1.165, 1.54) is 0 Å². The quantitative estimate of drug-likeness (QED) is 0.775. The lowest BCUT2D eigenvalue weighted by atomic mass is 9.99. The number of nitrogens with zero attached hydrogens (tertiary/aromatic N) is 4. The fourth-order valence-corrected chi connectivity index (χ4v) is 3.24. The molecule has 1 aromatic carbocycles. The molecule has 0 saturated carbocycles. The van der Waals surface area contributed by atoms with Gasteiger partial charge >= 0.3 is 0 Å². The topological polar surface area (TPSA) is 88.1 Å². The van der Waals surface area contributed by atoms with Crippen LogP contribution in [-0.2, 0) is 4.74 Å². The Morgan fingerprint density at radius 3 is 2.52 bits per heavy atom. The highest BCUT2D eigenvalue weighted by Gasteiger charge is 2.15. The molecule has 27 heavy (non-hydrogen) atoms. The number of anilines is 2. The van der Waals surface area contributed by atoms with Crippen molar-refractivity contribution in [2.45, 2.75) is 0 Å². The van der Waals surface area contributed by atoms with E-state index in [2.05, 4.69) is 33.1 Å². The average molecular weight is 357 g/mol. The molecule has 1 aliphatic heterocycles. The number of hydrogen-bond acceptors (Lipinski definition) is 6. The monoisotopic (exact) mass is 357 g/mol. The maximum atomic E-state index is 9.50. The van der Waals surface area contributed by atoms with Crippen LogP contribution in [0, 0.1) is 11.3 Å². The highest BCUT2D eigenvalue weighted by Crippen LogP contribution is 2.31. The van der Waals surface area contributed by atoms with Crippen LogP contribution in [0.15, 0.2) is 54.9 Å². The van der Waals surface area contributed by atoms with Crippen molar-refractivity contribution in [1.82, 2.24) is 9.97 Å². The molecule has 2 aromatic heterocycles. The fourth-order valence-electron chi connectivity index (χ4n) is 3.24. The van der Waals surface area contributed by atoms with E-state index in [9.17, 15) is 5.26 Å². The minimum atomic E-state index is 0.228. The standard InChI is InChI=1S/C21H19N5O/c22-13-19-18(16-2-1-7-24-14-16)12-20(25-21(19)23)15-3-5-17(6-4-15)26-8-10-27-11-9-26/h1-7,12,14H,8-11H2,(H2,23,25). The molecule has 6 heteroatoms. The van der Waals surface area contributed by atoms with Gasteiger partial charge in [0, 0.05) is 47.9 Å². The Bertz CT molecular complexity index is 974. The summed E-state index contributed by atoms with van der Waals surface area (Å²) in [6.07, 6.45) is 3.42. The van der Waals surface area contributed by atoms with Crippen molar-refractivity contribution in [3.05, 3.63) is 60.4 Å². The Labute approximate surface area is 157 Å². The van der Waals surface area contributed by atoms with Gasteiger partial charge in [-0.05, 0) is 24.3 Å². The van der Waals surface area contributed by atoms with Crippen molar-refractivity contribution in [3.63, 3.8) is 0 Å². The third-order valence-corrected chi connectivity index (χ3v) is 4.67. The van der Waals surface area contributed by atoms with E-state index in [0.717, 1.165) is 54.4 Å². The first kappa shape index (κ1) is 17.0.